The first kappa shape index (κ1) is 34.2. The molecule has 0 bridgehead atoms. The van der Waals surface area contributed by atoms with Crippen molar-refractivity contribution in [3.05, 3.63) is 126 Å². The van der Waals surface area contributed by atoms with Crippen molar-refractivity contribution < 1.29 is 22.7 Å². The summed E-state index contributed by atoms with van der Waals surface area (Å²) in [4.78, 5) is 14.2. The van der Waals surface area contributed by atoms with E-state index in [-0.39, 0.29) is 22.9 Å². The van der Waals surface area contributed by atoms with E-state index in [2.05, 4.69) is 29.6 Å². The van der Waals surface area contributed by atoms with Gasteiger partial charge < -0.3 is 14.8 Å². The lowest BCUT2D eigenvalue weighted by molar-refractivity contribution is -0.125. The number of sulfonamides is 1. The molecule has 0 spiro atoms. The fourth-order valence-electron chi connectivity index (χ4n) is 6.63. The number of carbonyl (C=O) groups excluding carboxylic acids is 1. The van der Waals surface area contributed by atoms with E-state index in [0.29, 0.717) is 30.8 Å². The molecule has 0 unspecified atom stereocenters. The fraction of sp³-hybridized carbons (Fsp3) is 0.359. The Hall–Kier alpha value is -4.14. The van der Waals surface area contributed by atoms with Gasteiger partial charge >= 0.3 is 0 Å². The Morgan fingerprint density at radius 1 is 0.745 bits per heavy atom. The molecule has 1 amide bonds. The zero-order chi connectivity index (χ0) is 33.1. The van der Waals surface area contributed by atoms with Crippen LogP contribution in [0, 0.1) is 0 Å². The van der Waals surface area contributed by atoms with E-state index >= 15 is 0 Å². The summed E-state index contributed by atoms with van der Waals surface area (Å²) < 4.78 is 41.1. The molecule has 0 radical (unpaired) electrons. The molecule has 1 heterocycles. The van der Waals surface area contributed by atoms with Crippen molar-refractivity contribution in [2.75, 3.05) is 14.2 Å². The molecule has 0 aliphatic carbocycles. The highest BCUT2D eigenvalue weighted by Gasteiger charge is 2.46. The average Bonchev–Trinajstić information content (AvgIpc) is 3.53. The maximum Gasteiger partial charge on any atom is 0.244 e. The SMILES string of the molecule is COc1ccc(S(=O)(=O)N2[C@@H](Cc3ccccc3)CC[C@H]2C(=O)NC(CCCc2ccccc2)CCCc2ccccc2)cc1OC. The van der Waals surface area contributed by atoms with E-state index in [9.17, 15) is 13.2 Å². The number of amides is 1. The van der Waals surface area contributed by atoms with E-state index in [0.717, 1.165) is 44.1 Å². The maximum absolute atomic E-state index is 14.4. The monoisotopic (exact) mass is 654 g/mol. The molecule has 4 aromatic rings. The van der Waals surface area contributed by atoms with Crippen molar-refractivity contribution in [1.82, 2.24) is 9.62 Å². The van der Waals surface area contributed by atoms with E-state index < -0.39 is 16.1 Å². The standard InChI is InChI=1S/C39H46N2O5S/c1-45-37-27-25-35(29-38(37)46-2)47(43,44)41-34(28-32-18-10-5-11-19-32)24-26-36(41)39(42)40-33(22-12-20-30-14-6-3-7-15-30)23-13-21-31-16-8-4-9-17-31/h3-11,14-19,25,27,29,33-34,36H,12-13,20-24,26,28H2,1-2H3,(H,40,42)/t34-,36+/m1/s1. The lowest BCUT2D eigenvalue weighted by Crippen LogP contribution is -2.51. The molecule has 47 heavy (non-hydrogen) atoms. The minimum absolute atomic E-state index is 0.0614. The second-order valence-electron chi connectivity index (χ2n) is 12.2. The van der Waals surface area contributed by atoms with Gasteiger partial charge in [-0.15, -0.1) is 0 Å². The molecule has 1 N–H and O–H groups in total. The molecule has 1 aliphatic heterocycles. The van der Waals surface area contributed by atoms with Crippen LogP contribution in [0.3, 0.4) is 0 Å². The van der Waals surface area contributed by atoms with Gasteiger partial charge in [0, 0.05) is 18.2 Å². The molecule has 2 atom stereocenters. The highest BCUT2D eigenvalue weighted by Crippen LogP contribution is 2.36. The first-order valence-corrected chi connectivity index (χ1v) is 18.0. The molecule has 1 fully saturated rings. The van der Waals surface area contributed by atoms with Crippen LogP contribution in [0.15, 0.2) is 114 Å². The van der Waals surface area contributed by atoms with Crippen molar-refractivity contribution >= 4 is 15.9 Å². The minimum Gasteiger partial charge on any atom is -0.493 e. The van der Waals surface area contributed by atoms with Crippen LogP contribution in [-0.2, 0) is 34.1 Å². The topological polar surface area (TPSA) is 84.9 Å². The van der Waals surface area contributed by atoms with Crippen LogP contribution in [0.5, 0.6) is 11.5 Å². The Labute approximate surface area is 280 Å². The van der Waals surface area contributed by atoms with Crippen molar-refractivity contribution in [3.63, 3.8) is 0 Å². The van der Waals surface area contributed by atoms with Crippen molar-refractivity contribution in [2.24, 2.45) is 0 Å². The van der Waals surface area contributed by atoms with Crippen LogP contribution in [-0.4, -0.2) is 51.0 Å². The highest BCUT2D eigenvalue weighted by atomic mass is 32.2. The van der Waals surface area contributed by atoms with Crippen LogP contribution in [0.1, 0.15) is 55.2 Å². The molecule has 4 aromatic carbocycles. The summed E-state index contributed by atoms with van der Waals surface area (Å²) >= 11 is 0. The number of benzene rings is 4. The predicted octanol–water partition coefficient (Wildman–Crippen LogP) is 7.00. The number of aryl methyl sites for hydroxylation is 2. The fourth-order valence-corrected chi connectivity index (χ4v) is 8.48. The summed E-state index contributed by atoms with van der Waals surface area (Å²) in [6.07, 6.45) is 6.90. The summed E-state index contributed by atoms with van der Waals surface area (Å²) in [5.41, 5.74) is 3.58. The number of hydrogen-bond donors (Lipinski definition) is 1. The molecule has 5 rings (SSSR count). The zero-order valence-electron chi connectivity index (χ0n) is 27.4. The van der Waals surface area contributed by atoms with Gasteiger partial charge in [-0.05, 0) is 86.6 Å². The number of rotatable bonds is 16. The molecule has 1 aliphatic rings. The zero-order valence-corrected chi connectivity index (χ0v) is 28.2. The number of carbonyl (C=O) groups is 1. The Kier molecular flexibility index (Phi) is 12.1. The molecule has 248 valence electrons. The van der Waals surface area contributed by atoms with Gasteiger partial charge in [0.05, 0.1) is 19.1 Å². The van der Waals surface area contributed by atoms with Crippen LogP contribution in [0.2, 0.25) is 0 Å². The molecular formula is C39H46N2O5S. The van der Waals surface area contributed by atoms with Gasteiger partial charge in [-0.1, -0.05) is 91.0 Å². The van der Waals surface area contributed by atoms with Crippen LogP contribution < -0.4 is 14.8 Å². The predicted molar refractivity (Wildman–Crippen MR) is 186 cm³/mol. The number of hydrogen-bond acceptors (Lipinski definition) is 5. The summed E-state index contributed by atoms with van der Waals surface area (Å²) in [7, 11) is -1.07. The van der Waals surface area contributed by atoms with Crippen LogP contribution in [0.25, 0.3) is 0 Å². The van der Waals surface area contributed by atoms with Gasteiger partial charge in [0.2, 0.25) is 15.9 Å². The summed E-state index contributed by atoms with van der Waals surface area (Å²) in [5, 5.41) is 3.32. The Morgan fingerprint density at radius 2 is 1.28 bits per heavy atom. The van der Waals surface area contributed by atoms with Crippen molar-refractivity contribution in [2.45, 2.75) is 80.8 Å². The Morgan fingerprint density at radius 3 is 1.81 bits per heavy atom. The number of nitrogens with zero attached hydrogens (tertiary/aromatic N) is 1. The largest absolute Gasteiger partial charge is 0.493 e. The molecule has 0 aromatic heterocycles. The Balaban J connectivity index is 1.37. The number of methoxy groups -OCH3 is 2. The molecule has 8 heteroatoms. The van der Waals surface area contributed by atoms with E-state index in [4.69, 9.17) is 9.47 Å². The van der Waals surface area contributed by atoms with E-state index in [1.807, 2.05) is 66.7 Å². The van der Waals surface area contributed by atoms with Gasteiger partial charge in [-0.3, -0.25) is 4.79 Å². The van der Waals surface area contributed by atoms with Gasteiger partial charge in [-0.2, -0.15) is 4.31 Å². The van der Waals surface area contributed by atoms with E-state index in [1.54, 1.807) is 6.07 Å². The van der Waals surface area contributed by atoms with E-state index in [1.165, 1.54) is 41.8 Å². The maximum atomic E-state index is 14.4. The second-order valence-corrected chi connectivity index (χ2v) is 14.1. The first-order valence-electron chi connectivity index (χ1n) is 16.6. The molecule has 7 nitrogen and oxygen atoms in total. The third kappa shape index (κ3) is 9.02. The second kappa shape index (κ2) is 16.6. The Bertz CT molecular complexity index is 1620. The van der Waals surface area contributed by atoms with Crippen molar-refractivity contribution in [3.8, 4) is 11.5 Å². The number of ether oxygens (including phenoxy) is 2. The first-order chi connectivity index (χ1) is 22.9. The quantitative estimate of drug-likeness (QED) is 0.141. The molecule has 0 saturated carbocycles. The van der Waals surface area contributed by atoms with Gasteiger partial charge in [0.25, 0.3) is 0 Å². The highest BCUT2D eigenvalue weighted by molar-refractivity contribution is 7.89. The summed E-state index contributed by atoms with van der Waals surface area (Å²) in [6.45, 7) is 0. The van der Waals surface area contributed by atoms with Gasteiger partial charge in [0.1, 0.15) is 6.04 Å². The van der Waals surface area contributed by atoms with Crippen LogP contribution in [0.4, 0.5) is 0 Å². The lowest BCUT2D eigenvalue weighted by Gasteiger charge is -2.30. The smallest absolute Gasteiger partial charge is 0.244 e. The van der Waals surface area contributed by atoms with Crippen LogP contribution >= 0.6 is 0 Å². The molecular weight excluding hydrogens is 609 g/mol. The minimum atomic E-state index is -4.06. The lowest BCUT2D eigenvalue weighted by atomic mass is 9.98. The van der Waals surface area contributed by atoms with Gasteiger partial charge in [-0.25, -0.2) is 8.42 Å². The van der Waals surface area contributed by atoms with Gasteiger partial charge in [0.15, 0.2) is 11.5 Å². The molecule has 1 saturated heterocycles. The number of nitrogens with one attached hydrogen (secondary N) is 1. The third-order valence-electron chi connectivity index (χ3n) is 9.06. The average molecular weight is 655 g/mol. The van der Waals surface area contributed by atoms with Crippen molar-refractivity contribution in [1.29, 1.82) is 0 Å². The summed E-state index contributed by atoms with van der Waals surface area (Å²) in [5.74, 6) is 0.538. The third-order valence-corrected chi connectivity index (χ3v) is 11.0. The summed E-state index contributed by atoms with van der Waals surface area (Å²) in [6, 6.07) is 34.0. The normalized spacial score (nSPS) is 16.7.